The number of carbonyl (C=O) groups excluding carboxylic acids is 4. The maximum absolute atomic E-state index is 13.1. The Kier molecular flexibility index (Phi) is 69.9. The van der Waals surface area contributed by atoms with Gasteiger partial charge in [0.05, 0.1) is 26.4 Å². The van der Waals surface area contributed by atoms with Crippen molar-refractivity contribution in [2.75, 3.05) is 39.6 Å². The number of carbonyl (C=O) groups is 4. The van der Waals surface area contributed by atoms with Gasteiger partial charge in [-0.25, -0.2) is 9.13 Å². The molecule has 19 heteroatoms. The van der Waals surface area contributed by atoms with Gasteiger partial charge in [0.1, 0.15) is 19.3 Å². The van der Waals surface area contributed by atoms with E-state index in [9.17, 15) is 43.2 Å². The van der Waals surface area contributed by atoms with Crippen LogP contribution in [0.5, 0.6) is 0 Å². The van der Waals surface area contributed by atoms with Gasteiger partial charge in [0.15, 0.2) is 12.2 Å². The molecule has 0 aliphatic heterocycles. The molecule has 0 heterocycles. The molecule has 0 bridgehead atoms. The van der Waals surface area contributed by atoms with Gasteiger partial charge in [-0.3, -0.25) is 37.3 Å². The second kappa shape index (κ2) is 71.3. The molecule has 0 rings (SSSR count). The minimum Gasteiger partial charge on any atom is -0.462 e. The molecule has 0 aliphatic carbocycles. The Balaban J connectivity index is 5.20. The summed E-state index contributed by atoms with van der Waals surface area (Å²) < 4.78 is 68.6. The Morgan fingerprint density at radius 1 is 0.270 bits per heavy atom. The van der Waals surface area contributed by atoms with Crippen LogP contribution in [0.3, 0.4) is 0 Å². The van der Waals surface area contributed by atoms with Crippen LogP contribution in [0.1, 0.15) is 421 Å². The van der Waals surface area contributed by atoms with Gasteiger partial charge in [-0.2, -0.15) is 0 Å². The predicted octanol–water partition coefficient (Wildman–Crippen LogP) is 24.1. The normalized spacial score (nSPS) is 14.0. The summed E-state index contributed by atoms with van der Waals surface area (Å²) >= 11 is 0. The van der Waals surface area contributed by atoms with Gasteiger partial charge in [0.2, 0.25) is 0 Å². The number of phosphoric ester groups is 2. The van der Waals surface area contributed by atoms with Gasteiger partial charge in [0.25, 0.3) is 0 Å². The third-order valence-corrected chi connectivity index (χ3v) is 20.8. The minimum absolute atomic E-state index is 0.104. The zero-order valence-electron chi connectivity index (χ0n) is 65.7. The molecular weight excluding hydrogens is 1310 g/mol. The lowest BCUT2D eigenvalue weighted by Gasteiger charge is -2.21. The van der Waals surface area contributed by atoms with Crippen LogP contribution in [0.2, 0.25) is 0 Å². The molecule has 0 aromatic heterocycles. The quantitative estimate of drug-likeness (QED) is 0.0222. The Morgan fingerprint density at radius 3 is 0.680 bits per heavy atom. The molecular formula is C81H158O17P2. The lowest BCUT2D eigenvalue weighted by Crippen LogP contribution is -2.30. The maximum atomic E-state index is 13.1. The number of ether oxygens (including phenoxy) is 4. The van der Waals surface area contributed by atoms with E-state index in [0.717, 1.165) is 108 Å². The first-order chi connectivity index (χ1) is 48.2. The fourth-order valence-corrected chi connectivity index (χ4v) is 14.1. The zero-order chi connectivity index (χ0) is 73.7. The van der Waals surface area contributed by atoms with E-state index in [4.69, 9.17) is 37.0 Å². The van der Waals surface area contributed by atoms with Crippen molar-refractivity contribution in [1.29, 1.82) is 0 Å². The molecule has 5 atom stereocenters. The van der Waals surface area contributed by atoms with Crippen LogP contribution in [-0.2, 0) is 65.4 Å². The molecule has 0 saturated carbocycles. The van der Waals surface area contributed by atoms with Gasteiger partial charge in [0, 0.05) is 25.7 Å². The highest BCUT2D eigenvalue weighted by atomic mass is 31.2. The van der Waals surface area contributed by atoms with Crippen LogP contribution >= 0.6 is 15.6 Å². The molecule has 0 fully saturated rings. The summed E-state index contributed by atoms with van der Waals surface area (Å²) in [5, 5.41) is 10.6. The molecule has 100 heavy (non-hydrogen) atoms. The SMILES string of the molecule is CCCCCCCCCCCCCCCCCCCCCCCC(=O)O[C@H](COC(=O)CCCCCCCCCCCCCCCCCC(C)C)COP(=O)(O)OC[C@@H](O)COP(=O)(O)OC[C@@H](COC(=O)CCCCCCCCC(C)C)OC(=O)CCCCCCCCCCCC(C)C. The highest BCUT2D eigenvalue weighted by Gasteiger charge is 2.30. The summed E-state index contributed by atoms with van der Waals surface area (Å²) in [5.74, 6) is 0.107. The highest BCUT2D eigenvalue weighted by Crippen LogP contribution is 2.45. The van der Waals surface area contributed by atoms with E-state index < -0.39 is 97.5 Å². The molecule has 0 amide bonds. The zero-order valence-corrected chi connectivity index (χ0v) is 67.5. The van der Waals surface area contributed by atoms with Crippen LogP contribution in [0.25, 0.3) is 0 Å². The number of aliphatic hydroxyl groups is 1. The van der Waals surface area contributed by atoms with Crippen molar-refractivity contribution in [1.82, 2.24) is 0 Å². The average molecular weight is 1470 g/mol. The van der Waals surface area contributed by atoms with Crippen molar-refractivity contribution >= 4 is 39.5 Å². The van der Waals surface area contributed by atoms with Crippen LogP contribution in [0, 0.1) is 17.8 Å². The largest absolute Gasteiger partial charge is 0.472 e. The van der Waals surface area contributed by atoms with Gasteiger partial charge in [-0.1, -0.05) is 370 Å². The number of rotatable bonds is 79. The third-order valence-electron chi connectivity index (χ3n) is 18.9. The standard InChI is InChI=1S/C81H158O17P2/c1-8-9-10-11-12-13-14-15-16-17-18-19-20-21-24-28-31-36-41-50-57-64-80(85)97-76(68-91-78(83)62-55-48-40-35-30-27-25-22-23-26-29-33-38-45-52-59-72(2)3)70-95-99(87,88)93-66-75(82)67-94-100(89,90)96-71-77(69-92-79(84)63-56-49-44-43-47-54-61-74(6)7)98-81(86)65-58-51-42-37-32-34-39-46-53-60-73(4)5/h72-77,82H,8-71H2,1-7H3,(H,87,88)(H,89,90)/t75-,76-,77-/m1/s1. The lowest BCUT2D eigenvalue weighted by atomic mass is 10.0. The summed E-state index contributed by atoms with van der Waals surface area (Å²) in [6.07, 6.45) is 60.0. The van der Waals surface area contributed by atoms with Crippen molar-refractivity contribution in [3.63, 3.8) is 0 Å². The lowest BCUT2D eigenvalue weighted by molar-refractivity contribution is -0.161. The number of hydrogen-bond donors (Lipinski definition) is 3. The summed E-state index contributed by atoms with van der Waals surface area (Å²) in [6.45, 7) is 11.9. The molecule has 0 radical (unpaired) electrons. The van der Waals surface area contributed by atoms with E-state index in [0.29, 0.717) is 31.6 Å². The molecule has 17 nitrogen and oxygen atoms in total. The Hall–Kier alpha value is -1.94. The Labute approximate surface area is 613 Å². The number of unbranched alkanes of at least 4 members (excludes halogenated alkanes) is 47. The number of phosphoric acid groups is 2. The van der Waals surface area contributed by atoms with Gasteiger partial charge in [-0.05, 0) is 43.4 Å². The third kappa shape index (κ3) is 74.3. The second-order valence-corrected chi connectivity index (χ2v) is 33.5. The summed E-state index contributed by atoms with van der Waals surface area (Å²) in [6, 6.07) is 0. The van der Waals surface area contributed by atoms with Gasteiger partial charge >= 0.3 is 39.5 Å². The minimum atomic E-state index is -4.96. The van der Waals surface area contributed by atoms with Gasteiger partial charge < -0.3 is 33.8 Å². The number of hydrogen-bond acceptors (Lipinski definition) is 15. The summed E-state index contributed by atoms with van der Waals surface area (Å²) in [5.41, 5.74) is 0. The molecule has 594 valence electrons. The van der Waals surface area contributed by atoms with Crippen molar-refractivity contribution in [2.45, 2.75) is 439 Å². The van der Waals surface area contributed by atoms with Crippen LogP contribution < -0.4 is 0 Å². The highest BCUT2D eigenvalue weighted by molar-refractivity contribution is 7.47. The van der Waals surface area contributed by atoms with E-state index in [1.165, 1.54) is 225 Å². The summed E-state index contributed by atoms with van der Waals surface area (Å²) in [4.78, 5) is 72.9. The van der Waals surface area contributed by atoms with E-state index in [2.05, 4.69) is 48.5 Å². The van der Waals surface area contributed by atoms with Crippen molar-refractivity contribution < 1.29 is 80.2 Å². The van der Waals surface area contributed by atoms with E-state index in [1.807, 2.05) is 0 Å². The van der Waals surface area contributed by atoms with Crippen LogP contribution in [0.4, 0.5) is 0 Å². The Bertz CT molecular complexity index is 1940. The first kappa shape index (κ1) is 98.1. The fourth-order valence-electron chi connectivity index (χ4n) is 12.5. The van der Waals surface area contributed by atoms with E-state index >= 15 is 0 Å². The second-order valence-electron chi connectivity index (χ2n) is 30.6. The molecule has 0 aromatic rings. The monoisotopic (exact) mass is 1470 g/mol. The molecule has 0 aromatic carbocycles. The molecule has 0 saturated heterocycles. The smallest absolute Gasteiger partial charge is 0.462 e. The number of esters is 4. The topological polar surface area (TPSA) is 237 Å². The molecule has 3 N–H and O–H groups in total. The first-order valence-electron chi connectivity index (χ1n) is 41.8. The van der Waals surface area contributed by atoms with Gasteiger partial charge in [-0.15, -0.1) is 0 Å². The fraction of sp³-hybridized carbons (Fsp3) is 0.951. The van der Waals surface area contributed by atoms with Crippen molar-refractivity contribution in [2.24, 2.45) is 17.8 Å². The van der Waals surface area contributed by atoms with Crippen molar-refractivity contribution in [3.05, 3.63) is 0 Å². The van der Waals surface area contributed by atoms with E-state index in [-0.39, 0.29) is 25.7 Å². The Morgan fingerprint density at radius 2 is 0.460 bits per heavy atom. The average Bonchev–Trinajstić information content (AvgIpc) is 0.932. The van der Waals surface area contributed by atoms with E-state index in [1.54, 1.807) is 0 Å². The van der Waals surface area contributed by atoms with Crippen LogP contribution in [0.15, 0.2) is 0 Å². The molecule has 0 aliphatic rings. The summed E-state index contributed by atoms with van der Waals surface area (Å²) in [7, 11) is -9.92. The molecule has 2 unspecified atom stereocenters. The number of aliphatic hydroxyl groups excluding tert-OH is 1. The maximum Gasteiger partial charge on any atom is 0.472 e. The first-order valence-corrected chi connectivity index (χ1v) is 44.8. The van der Waals surface area contributed by atoms with Crippen molar-refractivity contribution in [3.8, 4) is 0 Å². The molecule has 0 spiro atoms. The predicted molar refractivity (Wildman–Crippen MR) is 409 cm³/mol. The van der Waals surface area contributed by atoms with Crippen LogP contribution in [-0.4, -0.2) is 96.7 Å².